The summed E-state index contributed by atoms with van der Waals surface area (Å²) in [4.78, 5) is 18.8. The highest BCUT2D eigenvalue weighted by atomic mass is 35.5. The summed E-state index contributed by atoms with van der Waals surface area (Å²) in [6.07, 6.45) is 2.88. The Kier molecular flexibility index (Phi) is 4.67. The van der Waals surface area contributed by atoms with Gasteiger partial charge < -0.3 is 14.2 Å². The molecule has 1 aromatic heterocycles. The number of aromatic nitrogens is 1. The smallest absolute Gasteiger partial charge is 0.415 e. The summed E-state index contributed by atoms with van der Waals surface area (Å²) in [5.41, 5.74) is 3.34. The highest BCUT2D eigenvalue weighted by Gasteiger charge is 2.30. The van der Waals surface area contributed by atoms with Gasteiger partial charge in [-0.25, -0.2) is 4.79 Å². The summed E-state index contributed by atoms with van der Waals surface area (Å²) >= 11 is 6.51. The van der Waals surface area contributed by atoms with E-state index in [0.717, 1.165) is 22.4 Å². The topological polar surface area (TPSA) is 60.9 Å². The van der Waals surface area contributed by atoms with Crippen LogP contribution in [0.2, 0.25) is 5.02 Å². The molecule has 146 valence electrons. The molecule has 0 spiro atoms. The lowest BCUT2D eigenvalue weighted by molar-refractivity contribution is 0.0296. The zero-order valence-corrected chi connectivity index (χ0v) is 16.7. The van der Waals surface area contributed by atoms with Crippen molar-refractivity contribution in [3.63, 3.8) is 0 Å². The van der Waals surface area contributed by atoms with Gasteiger partial charge in [0.05, 0.1) is 23.0 Å². The summed E-state index contributed by atoms with van der Waals surface area (Å²) in [7, 11) is 0. The fraction of sp³-hybridized carbons (Fsp3) is 0.333. The van der Waals surface area contributed by atoms with Gasteiger partial charge in [-0.3, -0.25) is 9.88 Å². The molecule has 0 bridgehead atoms. The summed E-state index contributed by atoms with van der Waals surface area (Å²) in [5.74, 6) is 0.595. The third-order valence-electron chi connectivity index (χ3n) is 4.39. The van der Waals surface area contributed by atoms with Gasteiger partial charge in [-0.05, 0) is 39.0 Å². The third-order valence-corrected chi connectivity index (χ3v) is 4.67. The molecule has 2 aliphatic heterocycles. The van der Waals surface area contributed by atoms with Crippen molar-refractivity contribution in [1.29, 1.82) is 0 Å². The normalized spacial score (nSPS) is 15.6. The van der Waals surface area contributed by atoms with Crippen molar-refractivity contribution < 1.29 is 19.0 Å². The maximum Gasteiger partial charge on any atom is 0.415 e. The molecule has 0 atom stereocenters. The van der Waals surface area contributed by atoms with Crippen LogP contribution in [0.3, 0.4) is 0 Å². The van der Waals surface area contributed by atoms with Crippen LogP contribution in [0.5, 0.6) is 5.75 Å². The standard InChI is InChI=1S/C21H21ClN2O4/c1-21(2,3)28-20(25)24-7-8-26-12-17(24)14-9-15-18-13(5-4-6-23-18)11-27-19(15)16(22)10-14/h4-6,9-10,12H,7-8,11H2,1-3H3. The van der Waals surface area contributed by atoms with Gasteiger partial charge in [-0.15, -0.1) is 0 Å². The number of hydrogen-bond acceptors (Lipinski definition) is 5. The van der Waals surface area contributed by atoms with Gasteiger partial charge >= 0.3 is 6.09 Å². The second kappa shape index (κ2) is 7.02. The van der Waals surface area contributed by atoms with Gasteiger partial charge in [-0.1, -0.05) is 17.7 Å². The molecule has 0 saturated carbocycles. The highest BCUT2D eigenvalue weighted by Crippen LogP contribution is 2.43. The minimum Gasteiger partial charge on any atom is -0.497 e. The SMILES string of the molecule is CC(C)(C)OC(=O)N1CCOC=C1c1cc(Cl)c2c(c1)-c1ncccc1CO2. The lowest BCUT2D eigenvalue weighted by Gasteiger charge is -2.31. The molecule has 0 aliphatic carbocycles. The van der Waals surface area contributed by atoms with Gasteiger partial charge in [0.2, 0.25) is 0 Å². The van der Waals surface area contributed by atoms with Crippen molar-refractivity contribution in [2.45, 2.75) is 33.0 Å². The Labute approximate surface area is 168 Å². The van der Waals surface area contributed by atoms with E-state index in [0.29, 0.717) is 36.2 Å². The molecule has 0 N–H and O–H groups in total. The Bertz CT molecular complexity index is 965. The van der Waals surface area contributed by atoms with E-state index in [-0.39, 0.29) is 0 Å². The Morgan fingerprint density at radius 1 is 1.32 bits per heavy atom. The van der Waals surface area contributed by atoms with E-state index in [2.05, 4.69) is 4.98 Å². The maximum absolute atomic E-state index is 12.7. The molecule has 0 unspecified atom stereocenters. The molecule has 28 heavy (non-hydrogen) atoms. The first-order valence-electron chi connectivity index (χ1n) is 9.07. The number of fused-ring (bicyclic) bond motifs is 3. The summed E-state index contributed by atoms with van der Waals surface area (Å²) in [6, 6.07) is 7.54. The zero-order chi connectivity index (χ0) is 19.9. The lowest BCUT2D eigenvalue weighted by atomic mass is 9.99. The van der Waals surface area contributed by atoms with Crippen LogP contribution < -0.4 is 4.74 Å². The van der Waals surface area contributed by atoms with Gasteiger partial charge in [0.25, 0.3) is 0 Å². The average Bonchev–Trinajstić information content (AvgIpc) is 2.66. The molecule has 1 amide bonds. The van der Waals surface area contributed by atoms with Crippen molar-refractivity contribution in [2.75, 3.05) is 13.2 Å². The summed E-state index contributed by atoms with van der Waals surface area (Å²) < 4.78 is 16.9. The van der Waals surface area contributed by atoms with Crippen LogP contribution in [0, 0.1) is 0 Å². The number of rotatable bonds is 1. The van der Waals surface area contributed by atoms with E-state index in [1.807, 2.05) is 39.0 Å². The van der Waals surface area contributed by atoms with Crippen molar-refractivity contribution >= 4 is 23.4 Å². The van der Waals surface area contributed by atoms with Gasteiger partial charge in [0, 0.05) is 22.9 Å². The van der Waals surface area contributed by atoms with E-state index in [1.54, 1.807) is 23.4 Å². The predicted octanol–water partition coefficient (Wildman–Crippen LogP) is 4.86. The monoisotopic (exact) mass is 400 g/mol. The molecule has 6 nitrogen and oxygen atoms in total. The van der Waals surface area contributed by atoms with E-state index in [4.69, 9.17) is 25.8 Å². The molecular weight excluding hydrogens is 380 g/mol. The van der Waals surface area contributed by atoms with Gasteiger partial charge in [0.15, 0.2) is 0 Å². The largest absolute Gasteiger partial charge is 0.497 e. The van der Waals surface area contributed by atoms with Crippen LogP contribution in [-0.4, -0.2) is 34.7 Å². The Morgan fingerprint density at radius 2 is 2.14 bits per heavy atom. The first kappa shape index (κ1) is 18.6. The number of pyridine rings is 1. The van der Waals surface area contributed by atoms with Crippen LogP contribution in [-0.2, 0) is 16.1 Å². The Hall–Kier alpha value is -2.73. The van der Waals surface area contributed by atoms with Gasteiger partial charge in [-0.2, -0.15) is 0 Å². The number of ether oxygens (including phenoxy) is 3. The van der Waals surface area contributed by atoms with Crippen molar-refractivity contribution in [2.24, 2.45) is 0 Å². The average molecular weight is 401 g/mol. The molecule has 0 radical (unpaired) electrons. The fourth-order valence-electron chi connectivity index (χ4n) is 3.21. The molecule has 7 heteroatoms. The molecule has 1 aromatic carbocycles. The van der Waals surface area contributed by atoms with E-state index in [9.17, 15) is 4.79 Å². The summed E-state index contributed by atoms with van der Waals surface area (Å²) in [5, 5.41) is 0.458. The summed E-state index contributed by atoms with van der Waals surface area (Å²) in [6.45, 7) is 6.72. The van der Waals surface area contributed by atoms with Gasteiger partial charge in [0.1, 0.15) is 30.8 Å². The molecule has 2 aliphatic rings. The molecule has 0 saturated heterocycles. The minimum absolute atomic E-state index is 0.390. The molecule has 0 fully saturated rings. The Balaban J connectivity index is 1.76. The predicted molar refractivity (Wildman–Crippen MR) is 106 cm³/mol. The second-order valence-corrected chi connectivity index (χ2v) is 8.05. The molecule has 4 rings (SSSR count). The second-order valence-electron chi connectivity index (χ2n) is 7.64. The van der Waals surface area contributed by atoms with Crippen molar-refractivity contribution in [1.82, 2.24) is 9.88 Å². The zero-order valence-electron chi connectivity index (χ0n) is 16.0. The van der Waals surface area contributed by atoms with Crippen molar-refractivity contribution in [3.8, 4) is 17.0 Å². The van der Waals surface area contributed by atoms with Crippen LogP contribution in [0.1, 0.15) is 31.9 Å². The van der Waals surface area contributed by atoms with Crippen LogP contribution in [0.4, 0.5) is 4.79 Å². The number of hydrogen-bond donors (Lipinski definition) is 0. The van der Waals surface area contributed by atoms with E-state index >= 15 is 0 Å². The first-order valence-corrected chi connectivity index (χ1v) is 9.44. The van der Waals surface area contributed by atoms with Crippen molar-refractivity contribution in [3.05, 3.63) is 52.9 Å². The molecule has 2 aromatic rings. The maximum atomic E-state index is 12.7. The van der Waals surface area contributed by atoms with E-state index < -0.39 is 11.7 Å². The number of halogens is 1. The number of carbonyl (C=O) groups is 1. The fourth-order valence-corrected chi connectivity index (χ4v) is 3.48. The molecule has 3 heterocycles. The number of nitrogens with zero attached hydrogens (tertiary/aromatic N) is 2. The Morgan fingerprint density at radius 3 is 2.93 bits per heavy atom. The first-order chi connectivity index (χ1) is 13.3. The quantitative estimate of drug-likeness (QED) is 0.684. The number of amides is 1. The van der Waals surface area contributed by atoms with Crippen LogP contribution in [0.25, 0.3) is 17.0 Å². The third kappa shape index (κ3) is 3.52. The lowest BCUT2D eigenvalue weighted by Crippen LogP contribution is -2.39. The molecular formula is C21H21ClN2O4. The number of carbonyl (C=O) groups excluding carboxylic acids is 1. The highest BCUT2D eigenvalue weighted by molar-refractivity contribution is 6.32. The minimum atomic E-state index is -0.593. The van der Waals surface area contributed by atoms with Crippen LogP contribution >= 0.6 is 11.6 Å². The van der Waals surface area contributed by atoms with Crippen LogP contribution in [0.15, 0.2) is 36.7 Å². The number of benzene rings is 1. The van der Waals surface area contributed by atoms with E-state index in [1.165, 1.54) is 0 Å².